The van der Waals surface area contributed by atoms with E-state index in [1.54, 1.807) is 0 Å². The Balaban J connectivity index is -0.0000000542. The van der Waals surface area contributed by atoms with E-state index in [1.165, 1.54) is 0 Å². The van der Waals surface area contributed by atoms with Crippen molar-refractivity contribution in [1.29, 1.82) is 0 Å². The molecular weight excluding hydrogens is 176 g/mol. The Hall–Kier alpha value is 0.110. The minimum absolute atomic E-state index is 2.61. The van der Waals surface area contributed by atoms with Crippen molar-refractivity contribution < 1.29 is 21.7 Å². The van der Waals surface area contributed by atoms with Gasteiger partial charge in [0.05, 0.1) is 0 Å². The summed E-state index contributed by atoms with van der Waals surface area (Å²) in [5.74, 6) is 0. The summed E-state index contributed by atoms with van der Waals surface area (Å²) in [5, 5.41) is 0. The Morgan fingerprint density at radius 2 is 1.00 bits per heavy atom. The standard InChI is InChI=1S/H2O3S.2OS/c1-4(2)3;2*1-2/h(H2,1,2,3);;. The fourth-order valence-corrected chi connectivity index (χ4v) is 0. The summed E-state index contributed by atoms with van der Waals surface area (Å²) in [6.07, 6.45) is 0. The molecule has 50 valence electrons. The molecule has 0 saturated carbocycles. The molecule has 0 fully saturated rings. The Bertz CT molecular complexity index is 45.6. The average molecular weight is 178 g/mol. The van der Waals surface area contributed by atoms with E-state index in [0.717, 1.165) is 0 Å². The van der Waals surface area contributed by atoms with Crippen LogP contribution in [0.2, 0.25) is 0 Å². The molecule has 8 heteroatoms. The third-order valence-corrected chi connectivity index (χ3v) is 0. The lowest BCUT2D eigenvalue weighted by Gasteiger charge is -1.59. The highest BCUT2D eigenvalue weighted by molar-refractivity contribution is 7.73. The summed E-state index contributed by atoms with van der Waals surface area (Å²) in [6.45, 7) is 0. The Morgan fingerprint density at radius 3 is 1.00 bits per heavy atom. The Labute approximate surface area is 58.6 Å². The molecule has 0 spiro atoms. The van der Waals surface area contributed by atoms with Gasteiger partial charge in [-0.1, -0.05) is 0 Å². The Morgan fingerprint density at radius 1 is 1.00 bits per heavy atom. The van der Waals surface area contributed by atoms with Crippen molar-refractivity contribution in [2.45, 2.75) is 0 Å². The van der Waals surface area contributed by atoms with Crippen molar-refractivity contribution in [3.8, 4) is 0 Å². The van der Waals surface area contributed by atoms with Gasteiger partial charge in [0.25, 0.3) is 11.4 Å². The first-order valence-electron chi connectivity index (χ1n) is 0.865. The van der Waals surface area contributed by atoms with Crippen LogP contribution in [-0.4, -0.2) is 21.7 Å². The first-order valence-corrected chi connectivity index (χ1v) is 2.60. The fourth-order valence-electron chi connectivity index (χ4n) is 0. The van der Waals surface area contributed by atoms with E-state index < -0.39 is 11.4 Å². The molecule has 0 aromatic rings. The lowest BCUT2D eigenvalue weighted by molar-refractivity contribution is 0.454. The zero-order chi connectivity index (χ0) is 7.58. The molecule has 0 unspecified atom stereocenters. The molecule has 0 saturated heterocycles. The summed E-state index contributed by atoms with van der Waals surface area (Å²) < 4.78 is 38.5. The van der Waals surface area contributed by atoms with Crippen LogP contribution in [0.3, 0.4) is 0 Å². The summed E-state index contributed by atoms with van der Waals surface area (Å²) in [7, 11) is 0. The van der Waals surface area contributed by atoms with Crippen LogP contribution in [0.4, 0.5) is 0 Å². The molecule has 0 aliphatic carbocycles. The van der Waals surface area contributed by atoms with Gasteiger partial charge in [0.2, 0.25) is 0 Å². The minimum atomic E-state index is -2.61. The smallest absolute Gasteiger partial charge is 0.284 e. The van der Waals surface area contributed by atoms with Gasteiger partial charge in [0.1, 0.15) is 0 Å². The van der Waals surface area contributed by atoms with Gasteiger partial charge in [0.15, 0.2) is 25.1 Å². The summed E-state index contributed by atoms with van der Waals surface area (Å²) in [5.41, 5.74) is 0. The van der Waals surface area contributed by atoms with Crippen molar-refractivity contribution in [1.82, 2.24) is 0 Å². The first kappa shape index (κ1) is 15.7. The highest BCUT2D eigenvalue weighted by atomic mass is 32.2. The van der Waals surface area contributed by atoms with E-state index >= 15 is 0 Å². The quantitative estimate of drug-likeness (QED) is 0.460. The third kappa shape index (κ3) is 13200. The molecule has 0 amide bonds. The number of rotatable bonds is 0. The maximum absolute atomic E-state index is 8.67. The second-order valence-corrected chi connectivity index (χ2v) is 0.692. The minimum Gasteiger partial charge on any atom is -0.284 e. The van der Waals surface area contributed by atoms with Gasteiger partial charge >= 0.3 is 0 Å². The van der Waals surface area contributed by atoms with Gasteiger partial charge in [-0.2, -0.15) is 12.6 Å². The SMILES string of the molecule is O=S.O=S.O=S(O)O. The van der Waals surface area contributed by atoms with Crippen LogP contribution in [0.1, 0.15) is 0 Å². The molecule has 0 bridgehead atoms. The summed E-state index contributed by atoms with van der Waals surface area (Å²) in [6, 6.07) is 0. The van der Waals surface area contributed by atoms with Crippen LogP contribution in [0.25, 0.3) is 0 Å². The molecule has 0 heterocycles. The van der Waals surface area contributed by atoms with Crippen molar-refractivity contribution in [2.24, 2.45) is 0 Å². The van der Waals surface area contributed by atoms with Crippen LogP contribution in [0.15, 0.2) is 0 Å². The molecule has 5 nitrogen and oxygen atoms in total. The van der Waals surface area contributed by atoms with Crippen molar-refractivity contribution in [2.75, 3.05) is 0 Å². The highest BCUT2D eigenvalue weighted by Gasteiger charge is 1.62. The lowest BCUT2D eigenvalue weighted by Crippen LogP contribution is -1.74. The molecule has 0 rings (SSSR count). The van der Waals surface area contributed by atoms with E-state index in [1.807, 2.05) is 0 Å². The maximum atomic E-state index is 8.67. The molecule has 0 atom stereocenters. The van der Waals surface area contributed by atoms with Gasteiger partial charge < -0.3 is 0 Å². The van der Waals surface area contributed by atoms with E-state index in [2.05, 4.69) is 25.1 Å². The fraction of sp³-hybridized carbons (Fsp3) is 0. The van der Waals surface area contributed by atoms with E-state index in [-0.39, 0.29) is 0 Å². The second-order valence-electron chi connectivity index (χ2n) is 0.231. The summed E-state index contributed by atoms with van der Waals surface area (Å²) in [4.78, 5) is 0. The van der Waals surface area contributed by atoms with Crippen molar-refractivity contribution >= 4 is 36.4 Å². The molecular formula is H2O5S3. The molecule has 0 aliphatic rings. The van der Waals surface area contributed by atoms with Gasteiger partial charge in [-0.05, 0) is 0 Å². The summed E-state index contributed by atoms with van der Waals surface area (Å²) >= 11 is 3.06. The normalized spacial score (nSPS) is 5.38. The average Bonchev–Trinajstić information content (AvgIpc) is 1.75. The molecule has 0 radical (unpaired) electrons. The monoisotopic (exact) mass is 178 g/mol. The first-order chi connectivity index (χ1) is 3.73. The van der Waals surface area contributed by atoms with Crippen LogP contribution < -0.4 is 0 Å². The van der Waals surface area contributed by atoms with Crippen LogP contribution in [0, 0.1) is 0 Å². The van der Waals surface area contributed by atoms with Crippen LogP contribution in [0.5, 0.6) is 0 Å². The predicted octanol–water partition coefficient (Wildman–Crippen LogP) is -0.991. The molecule has 0 aliphatic heterocycles. The molecule has 0 aromatic carbocycles. The zero-order valence-corrected chi connectivity index (χ0v) is 5.79. The van der Waals surface area contributed by atoms with E-state index in [0.29, 0.717) is 0 Å². The predicted molar refractivity (Wildman–Crippen MR) is 29.7 cm³/mol. The molecule has 8 heavy (non-hydrogen) atoms. The topological polar surface area (TPSA) is 91.7 Å². The number of hydrogen-bond donors (Lipinski definition) is 2. The maximum Gasteiger partial charge on any atom is 0.299 e. The second kappa shape index (κ2) is 27.4. The van der Waals surface area contributed by atoms with Gasteiger partial charge in [-0.15, -0.1) is 0 Å². The molecule has 0 aromatic heterocycles. The highest BCUT2D eigenvalue weighted by Crippen LogP contribution is 1.44. The van der Waals surface area contributed by atoms with Gasteiger partial charge in [-0.3, -0.25) is 9.11 Å². The van der Waals surface area contributed by atoms with Crippen molar-refractivity contribution in [3.63, 3.8) is 0 Å². The number of hydrogen-bond acceptors (Lipinski definition) is 5. The van der Waals surface area contributed by atoms with Gasteiger partial charge in [-0.25, -0.2) is 0 Å². The largest absolute Gasteiger partial charge is 0.299 e. The van der Waals surface area contributed by atoms with Crippen LogP contribution >= 0.6 is 0 Å². The lowest BCUT2D eigenvalue weighted by atomic mass is 15.8. The van der Waals surface area contributed by atoms with Crippen molar-refractivity contribution in [3.05, 3.63) is 0 Å². The Kier molecular flexibility index (Phi) is 53.9. The van der Waals surface area contributed by atoms with Gasteiger partial charge in [0, 0.05) is 0 Å². The van der Waals surface area contributed by atoms with E-state index in [4.69, 9.17) is 21.7 Å². The zero-order valence-electron chi connectivity index (χ0n) is 3.34. The van der Waals surface area contributed by atoms with E-state index in [9.17, 15) is 0 Å². The third-order valence-electron chi connectivity index (χ3n) is 0. The molecule has 2 N–H and O–H groups in total. The van der Waals surface area contributed by atoms with Crippen LogP contribution in [-0.2, 0) is 36.4 Å².